The molecule has 0 spiro atoms. The molecule has 0 radical (unpaired) electrons. The summed E-state index contributed by atoms with van der Waals surface area (Å²) in [5, 5.41) is 2.74. The monoisotopic (exact) mass is 242 g/mol. The van der Waals surface area contributed by atoms with Crippen molar-refractivity contribution in [3.8, 4) is 0 Å². The maximum absolute atomic E-state index is 12.0. The highest BCUT2D eigenvalue weighted by Crippen LogP contribution is 2.08. The molecule has 0 saturated carbocycles. The van der Waals surface area contributed by atoms with Gasteiger partial charge in [0, 0.05) is 19.8 Å². The molecule has 0 bridgehead atoms. The highest BCUT2D eigenvalue weighted by atomic mass is 16.5. The van der Waals surface area contributed by atoms with E-state index in [0.717, 1.165) is 12.8 Å². The van der Waals surface area contributed by atoms with Crippen molar-refractivity contribution >= 4 is 11.8 Å². The maximum atomic E-state index is 12.0. The first-order valence-corrected chi connectivity index (χ1v) is 6.35. The summed E-state index contributed by atoms with van der Waals surface area (Å²) in [6.45, 7) is 6.06. The predicted molar refractivity (Wildman–Crippen MR) is 64.5 cm³/mol. The first-order valence-electron chi connectivity index (χ1n) is 6.35. The molecule has 0 aromatic carbocycles. The second kappa shape index (κ2) is 7.27. The average molecular weight is 242 g/mol. The van der Waals surface area contributed by atoms with Crippen LogP contribution >= 0.6 is 0 Å². The van der Waals surface area contributed by atoms with Crippen molar-refractivity contribution in [2.24, 2.45) is 0 Å². The Morgan fingerprint density at radius 1 is 1.41 bits per heavy atom. The number of piperazine rings is 1. The summed E-state index contributed by atoms with van der Waals surface area (Å²) in [5.41, 5.74) is 0. The van der Waals surface area contributed by atoms with E-state index < -0.39 is 0 Å². The van der Waals surface area contributed by atoms with Gasteiger partial charge in [0.2, 0.25) is 11.8 Å². The van der Waals surface area contributed by atoms with E-state index in [1.54, 1.807) is 4.90 Å². The summed E-state index contributed by atoms with van der Waals surface area (Å²) in [7, 11) is 0. The van der Waals surface area contributed by atoms with Crippen LogP contribution in [0.2, 0.25) is 0 Å². The number of rotatable bonds is 7. The number of carbonyl (C=O) groups is 2. The summed E-state index contributed by atoms with van der Waals surface area (Å²) in [4.78, 5) is 25.1. The van der Waals surface area contributed by atoms with Gasteiger partial charge in [-0.2, -0.15) is 0 Å². The fourth-order valence-corrected chi connectivity index (χ4v) is 1.95. The van der Waals surface area contributed by atoms with E-state index in [2.05, 4.69) is 5.32 Å². The third kappa shape index (κ3) is 4.34. The summed E-state index contributed by atoms with van der Waals surface area (Å²) in [6.07, 6.45) is 2.39. The first kappa shape index (κ1) is 14.0. The fraction of sp³-hybridized carbons (Fsp3) is 0.833. The van der Waals surface area contributed by atoms with Crippen LogP contribution in [0.1, 0.15) is 33.1 Å². The number of nitrogens with zero attached hydrogens (tertiary/aromatic N) is 1. The molecule has 1 aliphatic heterocycles. The smallest absolute Gasteiger partial charge is 0.245 e. The van der Waals surface area contributed by atoms with E-state index in [1.165, 1.54) is 0 Å². The zero-order chi connectivity index (χ0) is 12.7. The van der Waals surface area contributed by atoms with Crippen LogP contribution in [-0.4, -0.2) is 49.1 Å². The number of hydrogen-bond acceptors (Lipinski definition) is 3. The summed E-state index contributed by atoms with van der Waals surface area (Å²) >= 11 is 0. The molecule has 1 rings (SSSR count). The number of ether oxygens (including phenoxy) is 1. The Kier molecular flexibility index (Phi) is 5.97. The third-order valence-corrected chi connectivity index (χ3v) is 2.78. The molecule has 17 heavy (non-hydrogen) atoms. The Labute approximate surface area is 102 Å². The van der Waals surface area contributed by atoms with E-state index in [4.69, 9.17) is 4.74 Å². The van der Waals surface area contributed by atoms with Crippen LogP contribution in [0.15, 0.2) is 0 Å². The number of carbonyl (C=O) groups excluding carboxylic acids is 2. The van der Waals surface area contributed by atoms with Crippen LogP contribution in [-0.2, 0) is 14.3 Å². The van der Waals surface area contributed by atoms with Crippen molar-refractivity contribution in [3.05, 3.63) is 0 Å². The van der Waals surface area contributed by atoms with Crippen molar-refractivity contribution in [1.82, 2.24) is 10.2 Å². The molecule has 1 fully saturated rings. The fourth-order valence-electron chi connectivity index (χ4n) is 1.95. The van der Waals surface area contributed by atoms with Crippen molar-refractivity contribution in [1.29, 1.82) is 0 Å². The molecular formula is C12H22N2O3. The minimum Gasteiger partial charge on any atom is -0.382 e. The van der Waals surface area contributed by atoms with Gasteiger partial charge in [-0.05, 0) is 19.8 Å². The SMILES string of the molecule is CCCC1NC(=O)CN(CCCOCC)C1=O. The first-order chi connectivity index (χ1) is 8.19. The molecule has 5 nitrogen and oxygen atoms in total. The van der Waals surface area contributed by atoms with Crippen molar-refractivity contribution < 1.29 is 14.3 Å². The summed E-state index contributed by atoms with van der Waals surface area (Å²) < 4.78 is 5.22. The third-order valence-electron chi connectivity index (χ3n) is 2.78. The molecule has 1 atom stereocenters. The molecule has 0 aliphatic carbocycles. The van der Waals surface area contributed by atoms with Gasteiger partial charge >= 0.3 is 0 Å². The van der Waals surface area contributed by atoms with Crippen LogP contribution in [0, 0.1) is 0 Å². The van der Waals surface area contributed by atoms with Gasteiger partial charge in [-0.15, -0.1) is 0 Å². The highest BCUT2D eigenvalue weighted by molar-refractivity contribution is 5.94. The van der Waals surface area contributed by atoms with E-state index in [0.29, 0.717) is 26.2 Å². The molecule has 1 heterocycles. The molecule has 1 unspecified atom stereocenters. The summed E-state index contributed by atoms with van der Waals surface area (Å²) in [6, 6.07) is -0.326. The molecule has 1 aliphatic rings. The van der Waals surface area contributed by atoms with Gasteiger partial charge in [-0.25, -0.2) is 0 Å². The Hall–Kier alpha value is -1.10. The zero-order valence-electron chi connectivity index (χ0n) is 10.7. The second-order valence-electron chi connectivity index (χ2n) is 4.22. The van der Waals surface area contributed by atoms with Crippen molar-refractivity contribution in [3.63, 3.8) is 0 Å². The molecule has 1 saturated heterocycles. The van der Waals surface area contributed by atoms with Gasteiger partial charge in [0.1, 0.15) is 6.04 Å². The Balaban J connectivity index is 2.41. The van der Waals surface area contributed by atoms with E-state index in [1.807, 2.05) is 13.8 Å². The van der Waals surface area contributed by atoms with Crippen molar-refractivity contribution in [2.75, 3.05) is 26.3 Å². The van der Waals surface area contributed by atoms with Crippen LogP contribution in [0.5, 0.6) is 0 Å². The van der Waals surface area contributed by atoms with Crippen LogP contribution in [0.3, 0.4) is 0 Å². The Morgan fingerprint density at radius 3 is 2.82 bits per heavy atom. The number of nitrogens with one attached hydrogen (secondary N) is 1. The van der Waals surface area contributed by atoms with Crippen LogP contribution in [0.4, 0.5) is 0 Å². The average Bonchev–Trinajstić information content (AvgIpc) is 2.30. The molecule has 0 aromatic heterocycles. The van der Waals surface area contributed by atoms with E-state index in [-0.39, 0.29) is 24.4 Å². The minimum absolute atomic E-state index is 0.0444. The lowest BCUT2D eigenvalue weighted by molar-refractivity contribution is -0.144. The molecular weight excluding hydrogens is 220 g/mol. The summed E-state index contributed by atoms with van der Waals surface area (Å²) in [5.74, 6) is -0.0117. The van der Waals surface area contributed by atoms with E-state index >= 15 is 0 Å². The lowest BCUT2D eigenvalue weighted by Gasteiger charge is -2.32. The highest BCUT2D eigenvalue weighted by Gasteiger charge is 2.31. The van der Waals surface area contributed by atoms with Gasteiger partial charge in [-0.3, -0.25) is 9.59 Å². The molecule has 2 amide bonds. The zero-order valence-corrected chi connectivity index (χ0v) is 10.7. The molecule has 0 aromatic rings. The van der Waals surface area contributed by atoms with Crippen LogP contribution in [0.25, 0.3) is 0 Å². The maximum Gasteiger partial charge on any atom is 0.245 e. The van der Waals surface area contributed by atoms with Gasteiger partial charge in [0.15, 0.2) is 0 Å². The molecule has 98 valence electrons. The van der Waals surface area contributed by atoms with Gasteiger partial charge in [-0.1, -0.05) is 13.3 Å². The largest absolute Gasteiger partial charge is 0.382 e. The topological polar surface area (TPSA) is 58.6 Å². The molecule has 5 heteroatoms. The second-order valence-corrected chi connectivity index (χ2v) is 4.22. The minimum atomic E-state index is -0.326. The van der Waals surface area contributed by atoms with Crippen LogP contribution < -0.4 is 5.32 Å². The van der Waals surface area contributed by atoms with Gasteiger partial charge < -0.3 is 15.0 Å². The van der Waals surface area contributed by atoms with Gasteiger partial charge in [0.25, 0.3) is 0 Å². The lowest BCUT2D eigenvalue weighted by Crippen LogP contribution is -2.58. The lowest BCUT2D eigenvalue weighted by atomic mass is 10.1. The Morgan fingerprint density at radius 2 is 2.18 bits per heavy atom. The number of amides is 2. The van der Waals surface area contributed by atoms with Crippen molar-refractivity contribution in [2.45, 2.75) is 39.2 Å². The van der Waals surface area contributed by atoms with E-state index in [9.17, 15) is 9.59 Å². The standard InChI is InChI=1S/C12H22N2O3/c1-3-6-10-12(16)14(9-11(15)13-10)7-5-8-17-4-2/h10H,3-9H2,1-2H3,(H,13,15). The number of hydrogen-bond donors (Lipinski definition) is 1. The quantitative estimate of drug-likeness (QED) is 0.663. The van der Waals surface area contributed by atoms with Gasteiger partial charge in [0.05, 0.1) is 6.54 Å². The Bertz CT molecular complexity index is 268. The normalized spacial score (nSPS) is 20.6. The predicted octanol–water partition coefficient (Wildman–Crippen LogP) is 0.540. The molecule has 1 N–H and O–H groups in total.